The zero-order valence-corrected chi connectivity index (χ0v) is 11.0. The highest BCUT2D eigenvalue weighted by molar-refractivity contribution is 9.10. The highest BCUT2D eigenvalue weighted by Crippen LogP contribution is 2.29. The van der Waals surface area contributed by atoms with E-state index in [1.165, 1.54) is 0 Å². The average Bonchev–Trinajstić information content (AvgIpc) is 2.13. The van der Waals surface area contributed by atoms with Crippen LogP contribution in [0, 0.1) is 0 Å². The molecule has 0 aliphatic carbocycles. The van der Waals surface area contributed by atoms with Gasteiger partial charge in [-0.2, -0.15) is 0 Å². The standard InChI is InChI=1S/C11H11BrClNO2/c1-11(16)5-14(6-11)10(15)9-7(12)3-2-4-8(9)13/h2-4,16H,5-6H2,1H3. The molecule has 0 radical (unpaired) electrons. The molecule has 86 valence electrons. The summed E-state index contributed by atoms with van der Waals surface area (Å²) in [6.07, 6.45) is 0. The van der Waals surface area contributed by atoms with E-state index in [-0.39, 0.29) is 5.91 Å². The van der Waals surface area contributed by atoms with Crippen molar-refractivity contribution < 1.29 is 9.90 Å². The molecule has 1 heterocycles. The number of hydrogen-bond donors (Lipinski definition) is 1. The summed E-state index contributed by atoms with van der Waals surface area (Å²) in [5.41, 5.74) is -0.302. The van der Waals surface area contributed by atoms with E-state index in [0.717, 1.165) is 0 Å². The Labute approximate surface area is 107 Å². The van der Waals surface area contributed by atoms with Gasteiger partial charge in [0.1, 0.15) is 0 Å². The van der Waals surface area contributed by atoms with Crippen LogP contribution < -0.4 is 0 Å². The fraction of sp³-hybridized carbons (Fsp3) is 0.364. The molecule has 3 nitrogen and oxygen atoms in total. The first-order valence-electron chi connectivity index (χ1n) is 4.86. The molecule has 1 aliphatic heterocycles. The number of benzene rings is 1. The van der Waals surface area contributed by atoms with Crippen molar-refractivity contribution in [1.82, 2.24) is 4.90 Å². The second-order valence-corrected chi connectivity index (χ2v) is 5.52. The summed E-state index contributed by atoms with van der Waals surface area (Å²) < 4.78 is 0.677. The Morgan fingerprint density at radius 2 is 2.19 bits per heavy atom. The first kappa shape index (κ1) is 11.9. The number of carbonyl (C=O) groups is 1. The molecule has 1 aromatic rings. The van der Waals surface area contributed by atoms with E-state index in [9.17, 15) is 9.90 Å². The second-order valence-electron chi connectivity index (χ2n) is 4.25. The summed E-state index contributed by atoms with van der Waals surface area (Å²) in [5, 5.41) is 10.0. The quantitative estimate of drug-likeness (QED) is 0.865. The number of hydrogen-bond acceptors (Lipinski definition) is 2. The van der Waals surface area contributed by atoms with Crippen LogP contribution in [0.5, 0.6) is 0 Å². The third-order valence-corrected chi connectivity index (χ3v) is 3.50. The van der Waals surface area contributed by atoms with Crippen molar-refractivity contribution in [3.8, 4) is 0 Å². The van der Waals surface area contributed by atoms with Crippen LogP contribution in [0.25, 0.3) is 0 Å². The minimum atomic E-state index is -0.761. The van der Waals surface area contributed by atoms with E-state index in [2.05, 4.69) is 15.9 Å². The number of amides is 1. The van der Waals surface area contributed by atoms with Gasteiger partial charge in [0.2, 0.25) is 0 Å². The van der Waals surface area contributed by atoms with Crippen molar-refractivity contribution in [2.45, 2.75) is 12.5 Å². The lowest BCUT2D eigenvalue weighted by Gasteiger charge is -2.44. The van der Waals surface area contributed by atoms with Crippen LogP contribution in [0.1, 0.15) is 17.3 Å². The molecule has 1 fully saturated rings. The van der Waals surface area contributed by atoms with E-state index in [0.29, 0.717) is 28.1 Å². The topological polar surface area (TPSA) is 40.5 Å². The maximum Gasteiger partial charge on any atom is 0.256 e. The van der Waals surface area contributed by atoms with E-state index < -0.39 is 5.60 Å². The molecule has 5 heteroatoms. The second kappa shape index (κ2) is 4.02. The molecule has 1 saturated heterocycles. The fourth-order valence-corrected chi connectivity index (χ4v) is 2.69. The lowest BCUT2D eigenvalue weighted by Crippen LogP contribution is -2.61. The van der Waals surface area contributed by atoms with E-state index in [1.807, 2.05) is 0 Å². The average molecular weight is 305 g/mol. The maximum atomic E-state index is 12.1. The van der Waals surface area contributed by atoms with Gasteiger partial charge in [0, 0.05) is 4.47 Å². The van der Waals surface area contributed by atoms with Crippen LogP contribution in [0.4, 0.5) is 0 Å². The Morgan fingerprint density at radius 3 is 2.69 bits per heavy atom. The molecule has 0 spiro atoms. The van der Waals surface area contributed by atoms with Gasteiger partial charge in [-0.3, -0.25) is 4.79 Å². The molecule has 1 amide bonds. The third-order valence-electron chi connectivity index (χ3n) is 2.53. The zero-order chi connectivity index (χ0) is 11.9. The first-order chi connectivity index (χ1) is 7.41. The van der Waals surface area contributed by atoms with E-state index >= 15 is 0 Å². The van der Waals surface area contributed by atoms with Crippen molar-refractivity contribution in [2.75, 3.05) is 13.1 Å². The minimum Gasteiger partial charge on any atom is -0.386 e. The van der Waals surface area contributed by atoms with Crippen molar-refractivity contribution in [3.05, 3.63) is 33.3 Å². The molecule has 2 rings (SSSR count). The zero-order valence-electron chi connectivity index (χ0n) is 8.70. The SMILES string of the molecule is CC1(O)CN(C(=O)c2c(Cl)cccc2Br)C1. The van der Waals surface area contributed by atoms with Crippen LogP contribution >= 0.6 is 27.5 Å². The van der Waals surface area contributed by atoms with Gasteiger partial charge in [-0.1, -0.05) is 17.7 Å². The monoisotopic (exact) mass is 303 g/mol. The Bertz CT molecular complexity index is 419. The van der Waals surface area contributed by atoms with Crippen LogP contribution in [0.15, 0.2) is 22.7 Å². The van der Waals surface area contributed by atoms with Gasteiger partial charge in [0.05, 0.1) is 29.3 Å². The van der Waals surface area contributed by atoms with Crippen LogP contribution in [-0.2, 0) is 0 Å². The molecule has 1 N–H and O–H groups in total. The van der Waals surface area contributed by atoms with Gasteiger partial charge in [-0.15, -0.1) is 0 Å². The minimum absolute atomic E-state index is 0.149. The summed E-state index contributed by atoms with van der Waals surface area (Å²) in [4.78, 5) is 13.6. The van der Waals surface area contributed by atoms with Gasteiger partial charge >= 0.3 is 0 Å². The van der Waals surface area contributed by atoms with Crippen LogP contribution in [0.2, 0.25) is 5.02 Å². The number of rotatable bonds is 1. The van der Waals surface area contributed by atoms with Gasteiger partial charge in [-0.25, -0.2) is 0 Å². The third kappa shape index (κ3) is 2.10. The normalized spacial score (nSPS) is 18.1. The van der Waals surface area contributed by atoms with Crippen LogP contribution in [0.3, 0.4) is 0 Å². The molecule has 0 aromatic heterocycles. The summed E-state index contributed by atoms with van der Waals surface area (Å²) in [6.45, 7) is 2.41. The Hall–Kier alpha value is -0.580. The van der Waals surface area contributed by atoms with Crippen molar-refractivity contribution in [1.29, 1.82) is 0 Å². The Kier molecular flexibility index (Phi) is 2.99. The predicted molar refractivity (Wildman–Crippen MR) is 65.7 cm³/mol. The molecule has 0 bridgehead atoms. The number of halogens is 2. The number of aliphatic hydroxyl groups is 1. The predicted octanol–water partition coefficient (Wildman–Crippen LogP) is 2.31. The first-order valence-corrected chi connectivity index (χ1v) is 6.03. The molecule has 1 aromatic carbocycles. The summed E-state index contributed by atoms with van der Waals surface area (Å²) in [5.74, 6) is -0.149. The molecule has 0 unspecified atom stereocenters. The lowest BCUT2D eigenvalue weighted by atomic mass is 9.96. The summed E-state index contributed by atoms with van der Waals surface area (Å²) in [7, 11) is 0. The van der Waals surface area contributed by atoms with Crippen LogP contribution in [-0.4, -0.2) is 34.6 Å². The smallest absolute Gasteiger partial charge is 0.256 e. The molecule has 1 aliphatic rings. The molecular formula is C11H11BrClNO2. The summed E-state index contributed by atoms with van der Waals surface area (Å²) >= 11 is 9.28. The molecule has 0 atom stereocenters. The Balaban J connectivity index is 2.23. The van der Waals surface area contributed by atoms with Gasteiger partial charge in [0.25, 0.3) is 5.91 Å². The largest absolute Gasteiger partial charge is 0.386 e. The highest BCUT2D eigenvalue weighted by atomic mass is 79.9. The maximum absolute atomic E-state index is 12.1. The number of nitrogens with zero attached hydrogens (tertiary/aromatic N) is 1. The number of carbonyl (C=O) groups excluding carboxylic acids is 1. The van der Waals surface area contributed by atoms with Crippen molar-refractivity contribution in [2.24, 2.45) is 0 Å². The molecular weight excluding hydrogens is 293 g/mol. The lowest BCUT2D eigenvalue weighted by molar-refractivity contribution is -0.0669. The van der Waals surface area contributed by atoms with E-state index in [1.54, 1.807) is 30.0 Å². The fourth-order valence-electron chi connectivity index (χ4n) is 1.78. The molecule has 0 saturated carbocycles. The van der Waals surface area contributed by atoms with Gasteiger partial charge in [-0.05, 0) is 35.0 Å². The Morgan fingerprint density at radius 1 is 1.56 bits per heavy atom. The van der Waals surface area contributed by atoms with Crippen molar-refractivity contribution in [3.63, 3.8) is 0 Å². The molecule has 16 heavy (non-hydrogen) atoms. The van der Waals surface area contributed by atoms with Gasteiger partial charge in [0.15, 0.2) is 0 Å². The highest BCUT2D eigenvalue weighted by Gasteiger charge is 2.40. The number of β-amino-alcohol motifs (C(OH)–C–C–N with tert-alkyl or cyclic N) is 1. The van der Waals surface area contributed by atoms with E-state index in [4.69, 9.17) is 11.6 Å². The summed E-state index contributed by atoms with van der Waals surface area (Å²) in [6, 6.07) is 5.23. The van der Waals surface area contributed by atoms with Gasteiger partial charge < -0.3 is 10.0 Å². The van der Waals surface area contributed by atoms with Crippen molar-refractivity contribution >= 4 is 33.4 Å². The number of likely N-dealkylation sites (tertiary alicyclic amines) is 1.